The van der Waals surface area contributed by atoms with E-state index in [1.165, 1.54) is 0 Å². The monoisotopic (exact) mass is 364 g/mol. The van der Waals surface area contributed by atoms with Gasteiger partial charge in [0.15, 0.2) is 0 Å². The molecule has 0 radical (unpaired) electrons. The Kier molecular flexibility index (Phi) is 6.21. The van der Waals surface area contributed by atoms with Gasteiger partial charge in [-0.05, 0) is 35.7 Å². The van der Waals surface area contributed by atoms with E-state index in [0.29, 0.717) is 12.4 Å². The van der Waals surface area contributed by atoms with E-state index >= 15 is 0 Å². The number of benzene rings is 1. The van der Waals surface area contributed by atoms with Crippen molar-refractivity contribution in [3.63, 3.8) is 0 Å². The maximum absolute atomic E-state index is 11.8. The van der Waals surface area contributed by atoms with Gasteiger partial charge < -0.3 is 14.8 Å². The standard InChI is InChI=1S/C16H17BrN2O3/c1-21-14-4-2-13(3-5-14)11-19-16(20)22-15-10-12(6-8-17)7-9-18-15/h2-5,7,9-10H,6,8,11H2,1H3,(H,19,20). The van der Waals surface area contributed by atoms with Gasteiger partial charge in [-0.2, -0.15) is 0 Å². The zero-order chi connectivity index (χ0) is 15.8. The maximum atomic E-state index is 11.8. The molecule has 0 spiro atoms. The molecule has 5 nitrogen and oxygen atoms in total. The van der Waals surface area contributed by atoms with E-state index < -0.39 is 6.09 Å². The summed E-state index contributed by atoms with van der Waals surface area (Å²) >= 11 is 3.37. The Labute approximate surface area is 137 Å². The Morgan fingerprint density at radius 2 is 2.00 bits per heavy atom. The average Bonchev–Trinajstić information content (AvgIpc) is 2.54. The molecule has 22 heavy (non-hydrogen) atoms. The Bertz CT molecular complexity index is 617. The summed E-state index contributed by atoms with van der Waals surface area (Å²) < 4.78 is 10.2. The number of nitrogens with one attached hydrogen (secondary N) is 1. The number of carbonyl (C=O) groups excluding carboxylic acids is 1. The first-order valence-electron chi connectivity index (χ1n) is 6.81. The van der Waals surface area contributed by atoms with Crippen molar-refractivity contribution in [2.24, 2.45) is 0 Å². The lowest BCUT2D eigenvalue weighted by atomic mass is 10.2. The fraction of sp³-hybridized carbons (Fsp3) is 0.250. The highest BCUT2D eigenvalue weighted by Crippen LogP contribution is 2.12. The second-order valence-corrected chi connectivity index (χ2v) is 5.33. The molecule has 0 unspecified atom stereocenters. The van der Waals surface area contributed by atoms with Gasteiger partial charge in [-0.3, -0.25) is 0 Å². The molecule has 0 saturated heterocycles. The molecule has 0 aliphatic rings. The van der Waals surface area contributed by atoms with Crippen LogP contribution in [0.15, 0.2) is 42.6 Å². The zero-order valence-electron chi connectivity index (χ0n) is 12.2. The van der Waals surface area contributed by atoms with Crippen LogP contribution in [-0.4, -0.2) is 23.5 Å². The number of aryl methyl sites for hydroxylation is 1. The van der Waals surface area contributed by atoms with Gasteiger partial charge in [-0.15, -0.1) is 0 Å². The third-order valence-electron chi connectivity index (χ3n) is 2.98. The molecule has 0 aliphatic carbocycles. The summed E-state index contributed by atoms with van der Waals surface area (Å²) in [6.07, 6.45) is 1.95. The van der Waals surface area contributed by atoms with Crippen LogP contribution in [-0.2, 0) is 13.0 Å². The number of carbonyl (C=O) groups is 1. The minimum Gasteiger partial charge on any atom is -0.497 e. The van der Waals surface area contributed by atoms with Crippen LogP contribution in [0.5, 0.6) is 11.6 Å². The first-order chi connectivity index (χ1) is 10.7. The summed E-state index contributed by atoms with van der Waals surface area (Å²) in [7, 11) is 1.61. The van der Waals surface area contributed by atoms with Crippen molar-refractivity contribution in [3.05, 3.63) is 53.7 Å². The fourth-order valence-corrected chi connectivity index (χ4v) is 2.28. The van der Waals surface area contributed by atoms with E-state index in [9.17, 15) is 4.79 Å². The van der Waals surface area contributed by atoms with Crippen molar-refractivity contribution in [1.82, 2.24) is 10.3 Å². The van der Waals surface area contributed by atoms with Crippen LogP contribution in [0.4, 0.5) is 4.79 Å². The largest absolute Gasteiger partial charge is 0.497 e. The van der Waals surface area contributed by atoms with Crippen molar-refractivity contribution < 1.29 is 14.3 Å². The molecule has 1 aromatic heterocycles. The molecule has 0 saturated carbocycles. The predicted octanol–water partition coefficient (Wildman–Crippen LogP) is 3.32. The number of hydrogen-bond donors (Lipinski definition) is 1. The van der Waals surface area contributed by atoms with Crippen LogP contribution >= 0.6 is 15.9 Å². The minimum atomic E-state index is -0.528. The predicted molar refractivity (Wildman–Crippen MR) is 87.6 cm³/mol. The number of methoxy groups -OCH3 is 1. The number of halogens is 1. The third kappa shape index (κ3) is 5.04. The van der Waals surface area contributed by atoms with Gasteiger partial charge in [0.25, 0.3) is 0 Å². The second-order valence-electron chi connectivity index (χ2n) is 4.53. The van der Waals surface area contributed by atoms with Crippen LogP contribution in [0.3, 0.4) is 0 Å². The van der Waals surface area contributed by atoms with Gasteiger partial charge in [0.05, 0.1) is 7.11 Å². The number of nitrogens with zero attached hydrogens (tertiary/aromatic N) is 1. The van der Waals surface area contributed by atoms with Crippen molar-refractivity contribution in [3.8, 4) is 11.6 Å². The van der Waals surface area contributed by atoms with Crippen LogP contribution in [0, 0.1) is 0 Å². The average molecular weight is 365 g/mol. The SMILES string of the molecule is COc1ccc(CNC(=O)Oc2cc(CCBr)ccn2)cc1. The Hall–Kier alpha value is -2.08. The molecule has 0 bridgehead atoms. The van der Waals surface area contributed by atoms with E-state index in [1.807, 2.05) is 30.3 Å². The van der Waals surface area contributed by atoms with E-state index in [0.717, 1.165) is 28.6 Å². The Balaban J connectivity index is 1.85. The first kappa shape index (κ1) is 16.3. The molecule has 116 valence electrons. The van der Waals surface area contributed by atoms with Gasteiger partial charge in [0, 0.05) is 24.1 Å². The number of aromatic nitrogens is 1. The molecule has 1 amide bonds. The lowest BCUT2D eigenvalue weighted by Crippen LogP contribution is -2.26. The third-order valence-corrected chi connectivity index (χ3v) is 3.37. The molecule has 2 rings (SSSR count). The Morgan fingerprint density at radius 3 is 2.68 bits per heavy atom. The normalized spacial score (nSPS) is 10.1. The molecular weight excluding hydrogens is 348 g/mol. The number of ether oxygens (including phenoxy) is 2. The Morgan fingerprint density at radius 1 is 1.23 bits per heavy atom. The van der Waals surface area contributed by atoms with Gasteiger partial charge in [0.2, 0.25) is 5.88 Å². The molecule has 0 atom stereocenters. The maximum Gasteiger partial charge on any atom is 0.414 e. The van der Waals surface area contributed by atoms with Gasteiger partial charge in [0.1, 0.15) is 5.75 Å². The van der Waals surface area contributed by atoms with Crippen LogP contribution in [0.2, 0.25) is 0 Å². The molecule has 2 aromatic rings. The molecule has 1 aromatic carbocycles. The zero-order valence-corrected chi connectivity index (χ0v) is 13.8. The summed E-state index contributed by atoms with van der Waals surface area (Å²) in [5.74, 6) is 1.07. The van der Waals surface area contributed by atoms with E-state index in [-0.39, 0.29) is 0 Å². The molecule has 1 heterocycles. The van der Waals surface area contributed by atoms with Crippen molar-refractivity contribution in [1.29, 1.82) is 0 Å². The number of pyridine rings is 1. The molecule has 1 N–H and O–H groups in total. The topological polar surface area (TPSA) is 60.5 Å². The summed E-state index contributed by atoms with van der Waals surface area (Å²) in [5.41, 5.74) is 2.02. The first-order valence-corrected chi connectivity index (χ1v) is 7.93. The highest BCUT2D eigenvalue weighted by atomic mass is 79.9. The summed E-state index contributed by atoms with van der Waals surface area (Å²) in [6, 6.07) is 11.1. The van der Waals surface area contributed by atoms with Gasteiger partial charge in [-0.25, -0.2) is 9.78 Å². The van der Waals surface area contributed by atoms with Crippen LogP contribution < -0.4 is 14.8 Å². The minimum absolute atomic E-state index is 0.297. The lowest BCUT2D eigenvalue weighted by molar-refractivity contribution is 0.198. The highest BCUT2D eigenvalue weighted by Gasteiger charge is 2.06. The van der Waals surface area contributed by atoms with E-state index in [2.05, 4.69) is 26.2 Å². The van der Waals surface area contributed by atoms with E-state index in [1.54, 1.807) is 19.4 Å². The molecule has 0 fully saturated rings. The van der Waals surface area contributed by atoms with Gasteiger partial charge >= 0.3 is 6.09 Å². The molecule has 0 aliphatic heterocycles. The second kappa shape index (κ2) is 8.38. The van der Waals surface area contributed by atoms with Gasteiger partial charge in [-0.1, -0.05) is 28.1 Å². The van der Waals surface area contributed by atoms with Crippen molar-refractivity contribution in [2.75, 3.05) is 12.4 Å². The fourth-order valence-electron chi connectivity index (χ4n) is 1.82. The van der Waals surface area contributed by atoms with E-state index in [4.69, 9.17) is 9.47 Å². The smallest absolute Gasteiger partial charge is 0.414 e. The number of hydrogen-bond acceptors (Lipinski definition) is 4. The van der Waals surface area contributed by atoms with Crippen LogP contribution in [0.1, 0.15) is 11.1 Å². The lowest BCUT2D eigenvalue weighted by Gasteiger charge is -2.07. The van der Waals surface area contributed by atoms with Crippen molar-refractivity contribution in [2.45, 2.75) is 13.0 Å². The van der Waals surface area contributed by atoms with Crippen LogP contribution in [0.25, 0.3) is 0 Å². The van der Waals surface area contributed by atoms with Crippen molar-refractivity contribution >= 4 is 22.0 Å². The molecular formula is C16H17BrN2O3. The summed E-state index contributed by atoms with van der Waals surface area (Å²) in [5, 5.41) is 3.53. The summed E-state index contributed by atoms with van der Waals surface area (Å²) in [4.78, 5) is 15.8. The number of rotatable bonds is 6. The highest BCUT2D eigenvalue weighted by molar-refractivity contribution is 9.09. The number of amides is 1. The summed E-state index contributed by atoms with van der Waals surface area (Å²) in [6.45, 7) is 0.379. The quantitative estimate of drug-likeness (QED) is 0.798. The molecule has 6 heteroatoms. The number of alkyl halides is 1.